The fourth-order valence-corrected chi connectivity index (χ4v) is 2.25. The van der Waals surface area contributed by atoms with Gasteiger partial charge in [-0.3, -0.25) is 0 Å². The van der Waals surface area contributed by atoms with Crippen molar-refractivity contribution < 1.29 is 4.74 Å². The second-order valence-corrected chi connectivity index (χ2v) is 5.12. The molecule has 1 aromatic heterocycles. The van der Waals surface area contributed by atoms with Crippen LogP contribution >= 0.6 is 12.6 Å². The Hall–Kier alpha value is -0.970. The van der Waals surface area contributed by atoms with E-state index in [4.69, 9.17) is 10.5 Å². The highest BCUT2D eigenvalue weighted by Crippen LogP contribution is 2.17. The first-order valence-electron chi connectivity index (χ1n) is 7.18. The third kappa shape index (κ3) is 5.99. The quantitative estimate of drug-likeness (QED) is 0.541. The maximum absolute atomic E-state index is 5.50. The third-order valence-electron chi connectivity index (χ3n) is 3.10. The van der Waals surface area contributed by atoms with Crippen LogP contribution in [0.4, 0.5) is 0 Å². The Labute approximate surface area is 127 Å². The zero-order chi connectivity index (χ0) is 14.6. The zero-order valence-electron chi connectivity index (χ0n) is 12.3. The molecule has 1 heterocycles. The SMILES string of the molecule is COCCCCCS.NCCc1c[nH]c2ccccc12. The molecule has 3 nitrogen and oxygen atoms in total. The molecule has 2 aromatic rings. The average Bonchev–Trinajstić information content (AvgIpc) is 2.89. The minimum absolute atomic E-state index is 0.710. The first-order valence-corrected chi connectivity index (χ1v) is 7.81. The van der Waals surface area contributed by atoms with Gasteiger partial charge < -0.3 is 15.5 Å². The molecule has 112 valence electrons. The number of benzene rings is 1. The van der Waals surface area contributed by atoms with Crippen LogP contribution in [0, 0.1) is 0 Å². The highest BCUT2D eigenvalue weighted by atomic mass is 32.1. The zero-order valence-corrected chi connectivity index (χ0v) is 13.2. The number of aromatic amines is 1. The van der Waals surface area contributed by atoms with Crippen LogP contribution in [0.25, 0.3) is 10.9 Å². The van der Waals surface area contributed by atoms with Gasteiger partial charge >= 0.3 is 0 Å². The number of hydrogen-bond acceptors (Lipinski definition) is 3. The lowest BCUT2D eigenvalue weighted by Crippen LogP contribution is -2.01. The van der Waals surface area contributed by atoms with E-state index in [0.29, 0.717) is 6.54 Å². The molecular weight excluding hydrogens is 268 g/mol. The average molecular weight is 294 g/mol. The van der Waals surface area contributed by atoms with E-state index >= 15 is 0 Å². The molecule has 0 bridgehead atoms. The van der Waals surface area contributed by atoms with Gasteiger partial charge in [-0.1, -0.05) is 24.6 Å². The van der Waals surface area contributed by atoms with Crippen LogP contribution in [0.1, 0.15) is 24.8 Å². The van der Waals surface area contributed by atoms with Gasteiger partial charge in [0, 0.05) is 30.8 Å². The lowest BCUT2D eigenvalue weighted by atomic mass is 10.1. The Bertz CT molecular complexity index is 464. The van der Waals surface area contributed by atoms with Crippen molar-refractivity contribution >= 4 is 23.5 Å². The summed E-state index contributed by atoms with van der Waals surface area (Å²) in [4.78, 5) is 3.22. The highest BCUT2D eigenvalue weighted by Gasteiger charge is 1.99. The van der Waals surface area contributed by atoms with E-state index in [9.17, 15) is 0 Å². The summed E-state index contributed by atoms with van der Waals surface area (Å²) in [6.45, 7) is 1.61. The van der Waals surface area contributed by atoms with Crippen LogP contribution < -0.4 is 5.73 Å². The summed E-state index contributed by atoms with van der Waals surface area (Å²) in [5, 5.41) is 1.29. The molecular formula is C16H26N2OS. The molecule has 0 atom stereocenters. The van der Waals surface area contributed by atoms with E-state index < -0.39 is 0 Å². The summed E-state index contributed by atoms with van der Waals surface area (Å²) in [5.74, 6) is 1.00. The van der Waals surface area contributed by atoms with Crippen LogP contribution in [-0.2, 0) is 11.2 Å². The predicted molar refractivity (Wildman–Crippen MR) is 90.6 cm³/mol. The normalized spacial score (nSPS) is 10.3. The van der Waals surface area contributed by atoms with Gasteiger partial charge in [0.2, 0.25) is 0 Å². The molecule has 3 N–H and O–H groups in total. The Kier molecular flexibility index (Phi) is 9.20. The molecule has 0 fully saturated rings. The smallest absolute Gasteiger partial charge is 0.0462 e. The van der Waals surface area contributed by atoms with Gasteiger partial charge in [-0.15, -0.1) is 0 Å². The molecule has 0 aliphatic carbocycles. The standard InChI is InChI=1S/C10H12N2.C6H14OS/c11-6-5-8-7-12-10-4-2-1-3-9(8)10;1-7-5-3-2-4-6-8/h1-4,7,12H,5-6,11H2;8H,2-6H2,1H3. The first kappa shape index (κ1) is 17.1. The van der Waals surface area contributed by atoms with E-state index in [1.807, 2.05) is 12.3 Å². The lowest BCUT2D eigenvalue weighted by Gasteiger charge is -1.94. The molecule has 2 rings (SSSR count). The molecule has 0 aliphatic heterocycles. The molecule has 0 aliphatic rings. The van der Waals surface area contributed by atoms with E-state index in [2.05, 4.69) is 35.8 Å². The fourth-order valence-electron chi connectivity index (χ4n) is 2.03. The van der Waals surface area contributed by atoms with Crippen LogP contribution in [-0.4, -0.2) is 31.0 Å². The molecule has 20 heavy (non-hydrogen) atoms. The van der Waals surface area contributed by atoms with Gasteiger partial charge in [-0.25, -0.2) is 0 Å². The Balaban J connectivity index is 0.000000221. The Morgan fingerprint density at radius 1 is 1.20 bits per heavy atom. The highest BCUT2D eigenvalue weighted by molar-refractivity contribution is 7.80. The van der Waals surface area contributed by atoms with Crippen molar-refractivity contribution in [3.05, 3.63) is 36.0 Å². The number of H-pyrrole nitrogens is 1. The Morgan fingerprint density at radius 2 is 2.00 bits per heavy atom. The molecule has 0 saturated carbocycles. The largest absolute Gasteiger partial charge is 0.385 e. The summed E-state index contributed by atoms with van der Waals surface area (Å²) in [6.07, 6.45) is 6.63. The minimum atomic E-state index is 0.710. The number of aromatic nitrogens is 1. The molecule has 1 aromatic carbocycles. The summed E-state index contributed by atoms with van der Waals surface area (Å²) in [5.41, 5.74) is 8.01. The molecule has 0 radical (unpaired) electrons. The maximum Gasteiger partial charge on any atom is 0.0462 e. The number of rotatable bonds is 7. The maximum atomic E-state index is 5.50. The van der Waals surface area contributed by atoms with E-state index in [0.717, 1.165) is 18.8 Å². The molecule has 0 amide bonds. The van der Waals surface area contributed by atoms with Gasteiger partial charge in [0.15, 0.2) is 0 Å². The van der Waals surface area contributed by atoms with Crippen molar-refractivity contribution in [3.63, 3.8) is 0 Å². The minimum Gasteiger partial charge on any atom is -0.385 e. The molecule has 0 saturated heterocycles. The van der Waals surface area contributed by atoms with Gasteiger partial charge in [0.05, 0.1) is 0 Å². The number of thiol groups is 1. The van der Waals surface area contributed by atoms with Crippen LogP contribution in [0.15, 0.2) is 30.5 Å². The summed E-state index contributed by atoms with van der Waals surface area (Å²) < 4.78 is 4.86. The number of nitrogens with two attached hydrogens (primary N) is 1. The number of para-hydroxylation sites is 1. The van der Waals surface area contributed by atoms with Gasteiger partial charge in [0.25, 0.3) is 0 Å². The van der Waals surface area contributed by atoms with Crippen molar-refractivity contribution in [2.75, 3.05) is 26.0 Å². The number of fused-ring (bicyclic) bond motifs is 1. The van der Waals surface area contributed by atoms with E-state index in [-0.39, 0.29) is 0 Å². The van der Waals surface area contributed by atoms with Crippen LogP contribution in [0.5, 0.6) is 0 Å². The number of nitrogens with one attached hydrogen (secondary N) is 1. The van der Waals surface area contributed by atoms with Crippen molar-refractivity contribution in [3.8, 4) is 0 Å². The predicted octanol–water partition coefficient (Wildman–Crippen LogP) is 3.40. The number of ether oxygens (including phenoxy) is 1. The molecule has 4 heteroatoms. The van der Waals surface area contributed by atoms with E-state index in [1.54, 1.807) is 7.11 Å². The van der Waals surface area contributed by atoms with Gasteiger partial charge in [-0.05, 0) is 43.2 Å². The van der Waals surface area contributed by atoms with Crippen molar-refractivity contribution in [2.45, 2.75) is 25.7 Å². The first-order chi connectivity index (χ1) is 9.83. The summed E-state index contributed by atoms with van der Waals surface area (Å²) in [6, 6.07) is 8.29. The van der Waals surface area contributed by atoms with Gasteiger partial charge in [0.1, 0.15) is 0 Å². The number of hydrogen-bond donors (Lipinski definition) is 3. The second-order valence-electron chi connectivity index (χ2n) is 4.68. The van der Waals surface area contributed by atoms with Gasteiger partial charge in [-0.2, -0.15) is 12.6 Å². The lowest BCUT2D eigenvalue weighted by molar-refractivity contribution is 0.192. The molecule has 0 spiro atoms. The number of unbranched alkanes of at least 4 members (excludes halogenated alkanes) is 2. The summed E-state index contributed by atoms with van der Waals surface area (Å²) in [7, 11) is 1.74. The molecule has 0 unspecified atom stereocenters. The Morgan fingerprint density at radius 3 is 2.70 bits per heavy atom. The van der Waals surface area contributed by atoms with Crippen LogP contribution in [0.3, 0.4) is 0 Å². The topological polar surface area (TPSA) is 51.0 Å². The fraction of sp³-hybridized carbons (Fsp3) is 0.500. The second kappa shape index (κ2) is 10.8. The van der Waals surface area contributed by atoms with Crippen molar-refractivity contribution in [2.24, 2.45) is 5.73 Å². The van der Waals surface area contributed by atoms with E-state index in [1.165, 1.54) is 35.7 Å². The monoisotopic (exact) mass is 294 g/mol. The number of methoxy groups -OCH3 is 1. The van der Waals surface area contributed by atoms with Crippen molar-refractivity contribution in [1.82, 2.24) is 4.98 Å². The van der Waals surface area contributed by atoms with Crippen LogP contribution in [0.2, 0.25) is 0 Å². The third-order valence-corrected chi connectivity index (χ3v) is 3.41. The summed E-state index contributed by atoms with van der Waals surface area (Å²) >= 11 is 4.08. The van der Waals surface area contributed by atoms with Crippen molar-refractivity contribution in [1.29, 1.82) is 0 Å².